The van der Waals surface area contributed by atoms with Crippen LogP contribution in [0, 0.1) is 0 Å². The van der Waals surface area contributed by atoms with Gasteiger partial charge in [0.05, 0.1) is 13.2 Å². The minimum absolute atomic E-state index is 0.362. The number of amides is 2. The molecule has 8 N–H and O–H groups in total. The summed E-state index contributed by atoms with van der Waals surface area (Å²) in [7, 11) is 0. The molecule has 0 fully saturated rings. The van der Waals surface area contributed by atoms with Crippen molar-refractivity contribution in [2.75, 3.05) is 13.2 Å². The zero-order valence-electron chi connectivity index (χ0n) is 11.6. The highest BCUT2D eigenvalue weighted by Gasteiger charge is 2.27. The summed E-state index contributed by atoms with van der Waals surface area (Å²) < 4.78 is 0. The molecule has 0 aliphatic heterocycles. The van der Waals surface area contributed by atoms with Gasteiger partial charge in [0.1, 0.15) is 18.1 Å². The number of carboxylic acids is 2. The first kappa shape index (κ1) is 19.8. The highest BCUT2D eigenvalue weighted by atomic mass is 16.4. The van der Waals surface area contributed by atoms with Gasteiger partial charge in [-0.3, -0.25) is 14.4 Å². The van der Waals surface area contributed by atoms with Crippen molar-refractivity contribution in [1.82, 2.24) is 10.6 Å². The summed E-state index contributed by atoms with van der Waals surface area (Å²) in [5, 5.41) is 39.2. The lowest BCUT2D eigenvalue weighted by atomic mass is 10.1. The Morgan fingerprint density at radius 3 is 1.86 bits per heavy atom. The average Bonchev–Trinajstić information content (AvgIpc) is 2.46. The molecule has 0 aliphatic carbocycles. The fourth-order valence-electron chi connectivity index (χ4n) is 1.35. The molecule has 126 valence electrons. The molecule has 22 heavy (non-hydrogen) atoms. The minimum atomic E-state index is -1.49. The van der Waals surface area contributed by atoms with Crippen LogP contribution in [0.25, 0.3) is 0 Å². The molecule has 0 radical (unpaired) electrons. The summed E-state index contributed by atoms with van der Waals surface area (Å²) in [6.45, 7) is -1.51. The van der Waals surface area contributed by atoms with Crippen molar-refractivity contribution < 1.29 is 39.6 Å². The number of hydrogen-bond donors (Lipinski definition) is 7. The molecule has 0 aliphatic rings. The minimum Gasteiger partial charge on any atom is -0.481 e. The standard InChI is InChI=1S/C11H19N3O8/c12-5(3-15)9(19)14-7(4-16)10(20)13-6(11(21)22)1-2-8(17)18/h5-7,15-16H,1-4,12H2,(H,13,20)(H,14,19)(H,17,18)(H,21,22)/t5-,6-,7-/m0/s1. The maximum absolute atomic E-state index is 11.8. The van der Waals surface area contributed by atoms with E-state index in [1.54, 1.807) is 0 Å². The second-order valence-electron chi connectivity index (χ2n) is 4.36. The quantitative estimate of drug-likeness (QED) is 0.211. The SMILES string of the molecule is N[C@@H](CO)C(=O)N[C@@H](CO)C(=O)N[C@@H](CCC(=O)O)C(=O)O. The van der Waals surface area contributed by atoms with Crippen LogP contribution in [0.1, 0.15) is 12.8 Å². The van der Waals surface area contributed by atoms with Gasteiger partial charge >= 0.3 is 11.9 Å². The van der Waals surface area contributed by atoms with E-state index < -0.39 is 61.5 Å². The largest absolute Gasteiger partial charge is 0.481 e. The number of rotatable bonds is 10. The van der Waals surface area contributed by atoms with Crippen molar-refractivity contribution in [3.05, 3.63) is 0 Å². The van der Waals surface area contributed by atoms with Crippen LogP contribution in [-0.2, 0) is 19.2 Å². The number of carbonyl (C=O) groups excluding carboxylic acids is 2. The summed E-state index contributed by atoms with van der Waals surface area (Å²) in [5.41, 5.74) is 5.22. The van der Waals surface area contributed by atoms with Gasteiger partial charge in [-0.05, 0) is 6.42 Å². The predicted molar refractivity (Wildman–Crippen MR) is 70.5 cm³/mol. The van der Waals surface area contributed by atoms with E-state index in [9.17, 15) is 19.2 Å². The first-order chi connectivity index (χ1) is 10.2. The normalized spacial score (nSPS) is 14.5. The van der Waals surface area contributed by atoms with Gasteiger partial charge in [-0.15, -0.1) is 0 Å². The van der Waals surface area contributed by atoms with Crippen molar-refractivity contribution >= 4 is 23.8 Å². The van der Waals surface area contributed by atoms with Crippen LogP contribution in [0.4, 0.5) is 0 Å². The zero-order valence-corrected chi connectivity index (χ0v) is 11.6. The molecule has 0 aromatic rings. The molecular formula is C11H19N3O8. The Morgan fingerprint density at radius 2 is 1.45 bits per heavy atom. The third-order valence-corrected chi connectivity index (χ3v) is 2.61. The van der Waals surface area contributed by atoms with Crippen molar-refractivity contribution in [2.24, 2.45) is 5.73 Å². The fourth-order valence-corrected chi connectivity index (χ4v) is 1.35. The predicted octanol–water partition coefficient (Wildman–Crippen LogP) is -3.78. The lowest BCUT2D eigenvalue weighted by Gasteiger charge is -2.20. The number of nitrogens with two attached hydrogens (primary N) is 1. The highest BCUT2D eigenvalue weighted by Crippen LogP contribution is 1.99. The Bertz CT molecular complexity index is 428. The number of carboxylic acid groups (broad SMARTS) is 2. The molecule has 0 aromatic carbocycles. The molecule has 3 atom stereocenters. The molecule has 0 bridgehead atoms. The Morgan fingerprint density at radius 1 is 0.909 bits per heavy atom. The van der Waals surface area contributed by atoms with E-state index in [0.717, 1.165) is 0 Å². The molecule has 0 unspecified atom stereocenters. The summed E-state index contributed by atoms with van der Waals surface area (Å²) in [4.78, 5) is 44.5. The number of nitrogens with one attached hydrogen (secondary N) is 2. The Kier molecular flexibility index (Phi) is 8.67. The Labute approximate surface area is 125 Å². The van der Waals surface area contributed by atoms with Crippen molar-refractivity contribution in [3.63, 3.8) is 0 Å². The second kappa shape index (κ2) is 9.65. The Balaban J connectivity index is 4.70. The van der Waals surface area contributed by atoms with E-state index in [1.165, 1.54) is 0 Å². The van der Waals surface area contributed by atoms with Crippen molar-refractivity contribution in [1.29, 1.82) is 0 Å². The van der Waals surface area contributed by atoms with Gasteiger partial charge in [0, 0.05) is 6.42 Å². The lowest BCUT2D eigenvalue weighted by molar-refractivity contribution is -0.143. The van der Waals surface area contributed by atoms with E-state index in [-0.39, 0.29) is 6.42 Å². The molecule has 0 saturated carbocycles. The van der Waals surface area contributed by atoms with Gasteiger partial charge in [0.25, 0.3) is 0 Å². The third kappa shape index (κ3) is 6.97. The first-order valence-electron chi connectivity index (χ1n) is 6.25. The van der Waals surface area contributed by atoms with Crippen LogP contribution in [0.15, 0.2) is 0 Å². The maximum atomic E-state index is 11.8. The molecule has 11 heteroatoms. The third-order valence-electron chi connectivity index (χ3n) is 2.61. The van der Waals surface area contributed by atoms with E-state index >= 15 is 0 Å². The highest BCUT2D eigenvalue weighted by molar-refractivity contribution is 5.91. The van der Waals surface area contributed by atoms with E-state index in [1.807, 2.05) is 10.6 Å². The number of aliphatic hydroxyl groups is 2. The van der Waals surface area contributed by atoms with Crippen LogP contribution in [0.5, 0.6) is 0 Å². The summed E-state index contributed by atoms with van der Waals surface area (Å²) >= 11 is 0. The molecule has 0 aromatic heterocycles. The molecule has 0 spiro atoms. The van der Waals surface area contributed by atoms with E-state index in [0.29, 0.717) is 0 Å². The van der Waals surface area contributed by atoms with Gasteiger partial charge in [0.15, 0.2) is 0 Å². The van der Waals surface area contributed by atoms with Crippen molar-refractivity contribution in [3.8, 4) is 0 Å². The second-order valence-corrected chi connectivity index (χ2v) is 4.36. The van der Waals surface area contributed by atoms with Gasteiger partial charge in [-0.1, -0.05) is 0 Å². The molecular weight excluding hydrogens is 302 g/mol. The van der Waals surface area contributed by atoms with Gasteiger partial charge < -0.3 is 36.8 Å². The molecule has 0 saturated heterocycles. The summed E-state index contributed by atoms with van der Waals surface area (Å²) in [6, 6.07) is -4.26. The van der Waals surface area contributed by atoms with Crippen molar-refractivity contribution in [2.45, 2.75) is 31.0 Å². The summed E-state index contributed by atoms with van der Waals surface area (Å²) in [5.74, 6) is -4.61. The lowest BCUT2D eigenvalue weighted by Crippen LogP contribution is -2.56. The number of aliphatic hydroxyl groups excluding tert-OH is 2. The Hall–Kier alpha value is -2.24. The molecule has 0 heterocycles. The molecule has 11 nitrogen and oxygen atoms in total. The summed E-state index contributed by atoms with van der Waals surface area (Å²) in [6.07, 6.45) is -0.846. The zero-order chi connectivity index (χ0) is 17.3. The smallest absolute Gasteiger partial charge is 0.326 e. The van der Waals surface area contributed by atoms with Crippen LogP contribution in [0.2, 0.25) is 0 Å². The fraction of sp³-hybridized carbons (Fsp3) is 0.636. The van der Waals surface area contributed by atoms with Crippen LogP contribution in [-0.4, -0.2) is 75.5 Å². The van der Waals surface area contributed by atoms with Crippen LogP contribution < -0.4 is 16.4 Å². The van der Waals surface area contributed by atoms with Crippen LogP contribution in [0.3, 0.4) is 0 Å². The van der Waals surface area contributed by atoms with Gasteiger partial charge in [-0.2, -0.15) is 0 Å². The van der Waals surface area contributed by atoms with Gasteiger partial charge in [-0.25, -0.2) is 4.79 Å². The van der Waals surface area contributed by atoms with Gasteiger partial charge in [0.2, 0.25) is 11.8 Å². The average molecular weight is 321 g/mol. The molecule has 2 amide bonds. The monoisotopic (exact) mass is 321 g/mol. The van der Waals surface area contributed by atoms with E-state index in [4.69, 9.17) is 26.2 Å². The topological polar surface area (TPSA) is 199 Å². The maximum Gasteiger partial charge on any atom is 0.326 e. The number of hydrogen-bond acceptors (Lipinski definition) is 7. The van der Waals surface area contributed by atoms with Crippen LogP contribution >= 0.6 is 0 Å². The molecule has 0 rings (SSSR count). The number of aliphatic carboxylic acids is 2. The first-order valence-corrected chi connectivity index (χ1v) is 6.25. The number of carbonyl (C=O) groups is 4. The van der Waals surface area contributed by atoms with E-state index in [2.05, 4.69) is 0 Å².